The van der Waals surface area contributed by atoms with Crippen molar-refractivity contribution in [1.29, 1.82) is 0 Å². The number of nitrogens with zero attached hydrogens (tertiary/aromatic N) is 2. The van der Waals surface area contributed by atoms with Crippen molar-refractivity contribution in [3.8, 4) is 0 Å². The second-order valence-electron chi connectivity index (χ2n) is 9.61. The summed E-state index contributed by atoms with van der Waals surface area (Å²) < 4.78 is 28.1. The predicted octanol–water partition coefficient (Wildman–Crippen LogP) is 4.78. The van der Waals surface area contributed by atoms with Crippen molar-refractivity contribution in [3.05, 3.63) is 44.8 Å². The number of thiazole rings is 2. The molecule has 2 atom stereocenters. The lowest BCUT2D eigenvalue weighted by Crippen LogP contribution is -2.37. The SMILES string of the molecule is C=CCOC(=O)c1csc([C@@H](OC(C)=O)C(C)(C)OC(=O)c2csc([C@H]3OC(C)(C)OC3(C)C)n2)n1. The van der Waals surface area contributed by atoms with Gasteiger partial charge in [-0.05, 0) is 41.5 Å². The average Bonchev–Trinajstić information content (AvgIpc) is 3.46. The summed E-state index contributed by atoms with van der Waals surface area (Å²) in [4.78, 5) is 45.7. The van der Waals surface area contributed by atoms with Gasteiger partial charge in [-0.2, -0.15) is 0 Å². The first-order valence-corrected chi connectivity index (χ1v) is 12.9. The number of ether oxygens (including phenoxy) is 5. The summed E-state index contributed by atoms with van der Waals surface area (Å²) in [7, 11) is 0. The number of esters is 3. The molecular weight excluding hydrogens is 508 g/mol. The zero-order chi connectivity index (χ0) is 26.9. The van der Waals surface area contributed by atoms with Crippen LogP contribution in [0, 0.1) is 0 Å². The van der Waals surface area contributed by atoms with Gasteiger partial charge in [0.2, 0.25) is 0 Å². The van der Waals surface area contributed by atoms with Crippen LogP contribution in [0.25, 0.3) is 0 Å². The second-order valence-corrected chi connectivity index (χ2v) is 11.4. The van der Waals surface area contributed by atoms with E-state index in [1.807, 2.05) is 27.7 Å². The first kappa shape index (κ1) is 27.9. The van der Waals surface area contributed by atoms with Gasteiger partial charge in [0, 0.05) is 17.7 Å². The van der Waals surface area contributed by atoms with Crippen molar-refractivity contribution in [2.45, 2.75) is 77.7 Å². The Bertz CT molecular complexity index is 1150. The van der Waals surface area contributed by atoms with Crippen molar-refractivity contribution in [2.75, 3.05) is 6.61 Å². The normalized spacial score (nSPS) is 19.4. The minimum atomic E-state index is -1.35. The predicted molar refractivity (Wildman–Crippen MR) is 132 cm³/mol. The Morgan fingerprint density at radius 2 is 1.78 bits per heavy atom. The molecule has 3 rings (SSSR count). The van der Waals surface area contributed by atoms with Crippen LogP contribution in [0.2, 0.25) is 0 Å². The Labute approximate surface area is 217 Å². The Morgan fingerprint density at radius 1 is 1.14 bits per heavy atom. The fourth-order valence-corrected chi connectivity index (χ4v) is 5.67. The molecule has 1 aliphatic rings. The highest BCUT2D eigenvalue weighted by atomic mass is 32.1. The molecule has 2 aromatic rings. The van der Waals surface area contributed by atoms with Gasteiger partial charge in [0.05, 0.1) is 5.60 Å². The Kier molecular flexibility index (Phi) is 8.04. The highest BCUT2D eigenvalue weighted by Gasteiger charge is 2.49. The maximum absolute atomic E-state index is 13.0. The molecule has 36 heavy (non-hydrogen) atoms. The molecule has 0 saturated carbocycles. The van der Waals surface area contributed by atoms with Gasteiger partial charge in [0.1, 0.15) is 22.7 Å². The highest BCUT2D eigenvalue weighted by Crippen LogP contribution is 2.46. The maximum Gasteiger partial charge on any atom is 0.358 e. The summed E-state index contributed by atoms with van der Waals surface area (Å²) in [5.41, 5.74) is -1.86. The number of hydrogen-bond acceptors (Lipinski definition) is 12. The molecule has 0 amide bonds. The lowest BCUT2D eigenvalue weighted by molar-refractivity contribution is -0.161. The maximum atomic E-state index is 13.0. The van der Waals surface area contributed by atoms with E-state index < -0.39 is 47.1 Å². The smallest absolute Gasteiger partial charge is 0.358 e. The quantitative estimate of drug-likeness (QED) is 0.250. The van der Waals surface area contributed by atoms with E-state index in [0.717, 1.165) is 11.3 Å². The summed E-state index contributed by atoms with van der Waals surface area (Å²) in [6.45, 7) is 15.4. The molecule has 196 valence electrons. The molecule has 12 heteroatoms. The minimum absolute atomic E-state index is 0.0322. The van der Waals surface area contributed by atoms with E-state index in [1.54, 1.807) is 19.2 Å². The Morgan fingerprint density at radius 3 is 2.36 bits per heavy atom. The van der Waals surface area contributed by atoms with Gasteiger partial charge < -0.3 is 23.7 Å². The third-order valence-electron chi connectivity index (χ3n) is 5.06. The van der Waals surface area contributed by atoms with Gasteiger partial charge in [-0.1, -0.05) is 12.7 Å². The first-order chi connectivity index (χ1) is 16.6. The van der Waals surface area contributed by atoms with E-state index in [4.69, 9.17) is 23.7 Å². The molecule has 3 heterocycles. The molecule has 0 unspecified atom stereocenters. The summed E-state index contributed by atoms with van der Waals surface area (Å²) in [6, 6.07) is 0. The number of rotatable bonds is 9. The monoisotopic (exact) mass is 538 g/mol. The van der Waals surface area contributed by atoms with Crippen LogP contribution >= 0.6 is 22.7 Å². The topological polar surface area (TPSA) is 123 Å². The van der Waals surface area contributed by atoms with Crippen LogP contribution in [-0.2, 0) is 28.5 Å². The largest absolute Gasteiger partial charge is 0.457 e. The molecule has 2 aromatic heterocycles. The molecule has 0 aromatic carbocycles. The molecule has 0 aliphatic carbocycles. The van der Waals surface area contributed by atoms with Crippen molar-refractivity contribution in [3.63, 3.8) is 0 Å². The lowest BCUT2D eigenvalue weighted by atomic mass is 10.0. The first-order valence-electron chi connectivity index (χ1n) is 11.1. The zero-order valence-corrected chi connectivity index (χ0v) is 22.9. The van der Waals surface area contributed by atoms with E-state index in [-0.39, 0.29) is 23.0 Å². The molecular formula is C24H30N2O8S2. The second kappa shape index (κ2) is 10.4. The van der Waals surface area contributed by atoms with Gasteiger partial charge in [0.15, 0.2) is 28.9 Å². The highest BCUT2D eigenvalue weighted by molar-refractivity contribution is 7.10. The summed E-state index contributed by atoms with van der Waals surface area (Å²) in [6.07, 6.45) is -0.0998. The van der Waals surface area contributed by atoms with E-state index in [1.165, 1.54) is 29.7 Å². The van der Waals surface area contributed by atoms with Crippen molar-refractivity contribution < 1.29 is 38.1 Å². The van der Waals surface area contributed by atoms with E-state index in [9.17, 15) is 14.4 Å². The van der Waals surface area contributed by atoms with Gasteiger partial charge in [-0.3, -0.25) is 4.79 Å². The molecule has 0 N–H and O–H groups in total. The number of carbonyl (C=O) groups is 3. The Hall–Kier alpha value is -2.67. The molecule has 1 saturated heterocycles. The average molecular weight is 539 g/mol. The molecule has 0 radical (unpaired) electrons. The lowest BCUT2D eigenvalue weighted by Gasteiger charge is -2.31. The Balaban J connectivity index is 1.79. The van der Waals surface area contributed by atoms with Crippen molar-refractivity contribution >= 4 is 40.6 Å². The van der Waals surface area contributed by atoms with Crippen LogP contribution in [0.5, 0.6) is 0 Å². The molecule has 1 aliphatic heterocycles. The fraction of sp³-hybridized carbons (Fsp3) is 0.542. The number of hydrogen-bond donors (Lipinski definition) is 0. The third-order valence-corrected chi connectivity index (χ3v) is 6.83. The fourth-order valence-electron chi connectivity index (χ4n) is 3.70. The van der Waals surface area contributed by atoms with Crippen LogP contribution in [0.3, 0.4) is 0 Å². The summed E-state index contributed by atoms with van der Waals surface area (Å²) in [5, 5.41) is 3.91. The molecule has 1 fully saturated rings. The molecule has 0 spiro atoms. The molecule has 10 nitrogen and oxygen atoms in total. The van der Waals surface area contributed by atoms with Crippen LogP contribution in [0.1, 0.15) is 91.7 Å². The third kappa shape index (κ3) is 6.36. The number of aromatic nitrogens is 2. The van der Waals surface area contributed by atoms with E-state index in [2.05, 4.69) is 16.5 Å². The van der Waals surface area contributed by atoms with Gasteiger partial charge >= 0.3 is 17.9 Å². The molecule has 0 bridgehead atoms. The number of carbonyl (C=O) groups excluding carboxylic acids is 3. The van der Waals surface area contributed by atoms with E-state index >= 15 is 0 Å². The van der Waals surface area contributed by atoms with E-state index in [0.29, 0.717) is 5.01 Å². The van der Waals surface area contributed by atoms with Gasteiger partial charge in [0.25, 0.3) is 0 Å². The van der Waals surface area contributed by atoms with Crippen molar-refractivity contribution in [2.24, 2.45) is 0 Å². The zero-order valence-electron chi connectivity index (χ0n) is 21.3. The minimum Gasteiger partial charge on any atom is -0.457 e. The van der Waals surface area contributed by atoms with Crippen LogP contribution in [0.4, 0.5) is 0 Å². The van der Waals surface area contributed by atoms with Crippen LogP contribution in [0.15, 0.2) is 23.4 Å². The summed E-state index contributed by atoms with van der Waals surface area (Å²) in [5.74, 6) is -2.75. The van der Waals surface area contributed by atoms with Crippen LogP contribution < -0.4 is 0 Å². The van der Waals surface area contributed by atoms with Crippen LogP contribution in [-0.4, -0.2) is 51.5 Å². The van der Waals surface area contributed by atoms with Crippen molar-refractivity contribution in [1.82, 2.24) is 9.97 Å². The van der Waals surface area contributed by atoms with Gasteiger partial charge in [-0.15, -0.1) is 22.7 Å². The summed E-state index contributed by atoms with van der Waals surface area (Å²) >= 11 is 2.34. The van der Waals surface area contributed by atoms with Gasteiger partial charge in [-0.25, -0.2) is 19.6 Å². The standard InChI is InChI=1S/C24H30N2O8S2/c1-9-10-30-20(28)14-11-35-18(25-14)16(31-13(2)27)22(3,4)33-21(29)15-12-36-19(26-15)17-23(5,6)34-24(7,8)32-17/h9,11-12,16-17H,1,10H2,2-8H3/t16-,17-/m1/s1.